The molecule has 148 valence electrons. The number of hydrogen-bond acceptors (Lipinski definition) is 2. The maximum Gasteiger partial charge on any atom is 0.446 e. The van der Waals surface area contributed by atoms with E-state index in [0.717, 1.165) is 0 Å². The van der Waals surface area contributed by atoms with Gasteiger partial charge in [0.25, 0.3) is 0 Å². The van der Waals surface area contributed by atoms with Gasteiger partial charge in [0.05, 0.1) is 6.54 Å². The van der Waals surface area contributed by atoms with Crippen LogP contribution >= 0.6 is 0 Å². The Morgan fingerprint density at radius 2 is 1.62 bits per heavy atom. The van der Waals surface area contributed by atoms with Crippen molar-refractivity contribution in [2.45, 2.75) is 71.3 Å². The van der Waals surface area contributed by atoms with Gasteiger partial charge in [-0.15, -0.1) is 0 Å². The molecule has 1 aliphatic heterocycles. The summed E-state index contributed by atoms with van der Waals surface area (Å²) in [7, 11) is 0. The van der Waals surface area contributed by atoms with E-state index in [1.165, 1.54) is 11.5 Å². The molecule has 0 spiro atoms. The van der Waals surface area contributed by atoms with Crippen molar-refractivity contribution in [3.05, 3.63) is 11.3 Å². The van der Waals surface area contributed by atoms with Gasteiger partial charge >= 0.3 is 17.9 Å². The predicted molar refractivity (Wildman–Crippen MR) is 83.7 cm³/mol. The smallest absolute Gasteiger partial charge is 0.294 e. The molecule has 0 amide bonds. The fourth-order valence-corrected chi connectivity index (χ4v) is 3.75. The Bertz CT molecular complexity index is 656. The summed E-state index contributed by atoms with van der Waals surface area (Å²) in [4.78, 5) is 12.5. The molecule has 0 atom stereocenters. The third-order valence-corrected chi connectivity index (χ3v) is 4.91. The third kappa shape index (κ3) is 3.13. The van der Waals surface area contributed by atoms with E-state index >= 15 is 0 Å². The minimum Gasteiger partial charge on any atom is -0.294 e. The first kappa shape index (κ1) is 20.8. The number of halogens is 6. The van der Waals surface area contributed by atoms with Crippen LogP contribution in [-0.4, -0.2) is 40.6 Å². The number of carbonyl (C=O) groups is 1. The van der Waals surface area contributed by atoms with E-state index in [4.69, 9.17) is 0 Å². The zero-order valence-electron chi connectivity index (χ0n) is 15.2. The second-order valence-corrected chi connectivity index (χ2v) is 7.72. The molecule has 0 aromatic rings. The molecule has 0 saturated heterocycles. The van der Waals surface area contributed by atoms with Gasteiger partial charge in [-0.25, -0.2) is 4.58 Å². The normalized spacial score (nSPS) is 23.1. The highest BCUT2D eigenvalue weighted by Gasteiger charge is 2.80. The molecule has 0 aromatic carbocycles. The number of rotatable bonds is 3. The fraction of sp³-hybridized carbons (Fsp3) is 0.765. The average Bonchev–Trinajstić information content (AvgIpc) is 2.41. The highest BCUT2D eigenvalue weighted by atomic mass is 19.4. The quantitative estimate of drug-likeness (QED) is 0.579. The highest BCUT2D eigenvalue weighted by molar-refractivity contribution is 6.01. The average molecular weight is 385 g/mol. The Morgan fingerprint density at radius 3 is 2.08 bits per heavy atom. The van der Waals surface area contributed by atoms with Gasteiger partial charge in [-0.05, 0) is 11.8 Å². The zero-order chi connectivity index (χ0) is 20.1. The molecule has 2 rings (SSSR count). The molecule has 1 aliphatic carbocycles. The Labute approximate surface area is 148 Å². The predicted octanol–water partition coefficient (Wildman–Crippen LogP) is 4.33. The van der Waals surface area contributed by atoms with E-state index < -0.39 is 34.7 Å². The first-order valence-corrected chi connectivity index (χ1v) is 8.47. The van der Waals surface area contributed by atoms with Crippen LogP contribution in [0.2, 0.25) is 0 Å². The fourth-order valence-electron chi connectivity index (χ4n) is 3.75. The van der Waals surface area contributed by atoms with Crippen molar-refractivity contribution in [3.63, 3.8) is 0 Å². The molecular formula is C17H23F6N2O+. The number of Topliss-reactive ketones (excluding diaryl/α,β-unsaturated/α-hetero) is 1. The van der Waals surface area contributed by atoms with Gasteiger partial charge in [-0.2, -0.15) is 26.3 Å². The Hall–Kier alpha value is -1.54. The Balaban J connectivity index is 2.83. The van der Waals surface area contributed by atoms with Crippen LogP contribution in [0.1, 0.15) is 53.4 Å². The number of carbonyl (C=O) groups excluding carboxylic acids is 1. The van der Waals surface area contributed by atoms with Crippen LogP contribution in [0.3, 0.4) is 0 Å². The lowest BCUT2D eigenvalue weighted by atomic mass is 9.69. The highest BCUT2D eigenvalue weighted by Crippen LogP contribution is 2.53. The Kier molecular flexibility index (Phi) is 5.00. The molecule has 0 radical (unpaired) electrons. The number of allylic oxidation sites excluding steroid dienone is 1. The number of nitrogens with zero attached hydrogens (tertiary/aromatic N) is 1. The lowest BCUT2D eigenvalue weighted by molar-refractivity contribution is -0.493. The lowest BCUT2D eigenvalue weighted by Gasteiger charge is -2.43. The van der Waals surface area contributed by atoms with E-state index in [0.29, 0.717) is 12.8 Å². The van der Waals surface area contributed by atoms with Crippen LogP contribution in [0.15, 0.2) is 11.3 Å². The van der Waals surface area contributed by atoms with Gasteiger partial charge in [0, 0.05) is 19.8 Å². The molecular weight excluding hydrogens is 362 g/mol. The van der Waals surface area contributed by atoms with Crippen molar-refractivity contribution >= 4 is 11.6 Å². The van der Waals surface area contributed by atoms with E-state index in [2.05, 4.69) is 0 Å². The second kappa shape index (κ2) is 6.27. The summed E-state index contributed by atoms with van der Waals surface area (Å²) in [6.07, 6.45) is -10.5. The third-order valence-electron chi connectivity index (χ3n) is 4.91. The monoisotopic (exact) mass is 385 g/mol. The maximum absolute atomic E-state index is 13.8. The van der Waals surface area contributed by atoms with Crippen molar-refractivity contribution < 1.29 is 35.7 Å². The van der Waals surface area contributed by atoms with E-state index in [9.17, 15) is 31.1 Å². The summed E-state index contributed by atoms with van der Waals surface area (Å²) in [5.74, 6) is -1.34. The summed E-state index contributed by atoms with van der Waals surface area (Å²) in [6.45, 7) is 6.66. The van der Waals surface area contributed by atoms with Gasteiger partial charge in [0.1, 0.15) is 11.3 Å². The molecule has 0 fully saturated rings. The van der Waals surface area contributed by atoms with Crippen LogP contribution in [0.25, 0.3) is 0 Å². The number of ketones is 1. The molecule has 0 bridgehead atoms. The van der Waals surface area contributed by atoms with Crippen LogP contribution < -0.4 is 5.32 Å². The first-order chi connectivity index (χ1) is 11.7. The number of unbranched alkanes of at least 4 members (excludes halogenated alkanes) is 1. The SMILES string of the molecule is CCCC[N+]1=C(C)NC(C(F)(F)F)(C(F)(F)F)C2=C1CC(C)(C)CC2=O. The number of nitrogens with one attached hydrogen (secondary N) is 1. The van der Waals surface area contributed by atoms with E-state index in [1.807, 2.05) is 6.92 Å². The van der Waals surface area contributed by atoms with E-state index in [-0.39, 0.29) is 30.9 Å². The molecule has 1 heterocycles. The van der Waals surface area contributed by atoms with Crippen molar-refractivity contribution in [1.29, 1.82) is 0 Å². The van der Waals surface area contributed by atoms with Crippen molar-refractivity contribution in [2.24, 2.45) is 5.41 Å². The van der Waals surface area contributed by atoms with Crippen LogP contribution in [-0.2, 0) is 4.79 Å². The van der Waals surface area contributed by atoms with Gasteiger partial charge in [0.2, 0.25) is 5.84 Å². The topological polar surface area (TPSA) is 32.1 Å². The number of hydrogen-bond donors (Lipinski definition) is 1. The largest absolute Gasteiger partial charge is 0.446 e. The molecule has 0 aromatic heterocycles. The van der Waals surface area contributed by atoms with E-state index in [1.54, 1.807) is 19.2 Å². The van der Waals surface area contributed by atoms with Gasteiger partial charge in [-0.1, -0.05) is 27.2 Å². The van der Waals surface area contributed by atoms with Crippen LogP contribution in [0.5, 0.6) is 0 Å². The number of amidine groups is 1. The lowest BCUT2D eigenvalue weighted by Crippen LogP contribution is -2.72. The molecule has 26 heavy (non-hydrogen) atoms. The van der Waals surface area contributed by atoms with Gasteiger partial charge in [0.15, 0.2) is 5.78 Å². The number of alkyl halides is 6. The van der Waals surface area contributed by atoms with Crippen molar-refractivity contribution in [2.75, 3.05) is 6.54 Å². The molecule has 2 aliphatic rings. The summed E-state index contributed by atoms with van der Waals surface area (Å²) >= 11 is 0. The molecule has 3 nitrogen and oxygen atoms in total. The standard InChI is InChI=1S/C17H22F6N2O/c1-5-6-7-25-10(2)24-15(16(18,19)20,17(21,22)23)13-11(25)8-14(3,4)9-12(13)26/h5-9H2,1-4H3/p+1. The van der Waals surface area contributed by atoms with Crippen molar-refractivity contribution in [1.82, 2.24) is 5.32 Å². The molecule has 0 saturated carbocycles. The van der Waals surface area contributed by atoms with Crippen molar-refractivity contribution in [3.8, 4) is 0 Å². The maximum atomic E-state index is 13.8. The summed E-state index contributed by atoms with van der Waals surface area (Å²) < 4.78 is 84.1. The van der Waals surface area contributed by atoms with Gasteiger partial charge in [-0.3, -0.25) is 10.1 Å². The summed E-state index contributed by atoms with van der Waals surface area (Å²) in [5, 5.41) is 1.64. The van der Waals surface area contributed by atoms with Gasteiger partial charge < -0.3 is 0 Å². The molecule has 9 heteroatoms. The molecule has 0 unspecified atom stereocenters. The minimum atomic E-state index is -5.71. The zero-order valence-corrected chi connectivity index (χ0v) is 15.2. The summed E-state index contributed by atoms with van der Waals surface area (Å²) in [5.41, 5.74) is -6.43. The van der Waals surface area contributed by atoms with Crippen LogP contribution in [0.4, 0.5) is 26.3 Å². The Morgan fingerprint density at radius 1 is 1.08 bits per heavy atom. The minimum absolute atomic E-state index is 0.0231. The second-order valence-electron chi connectivity index (χ2n) is 7.72. The summed E-state index contributed by atoms with van der Waals surface area (Å²) in [6, 6.07) is 0. The first-order valence-electron chi connectivity index (χ1n) is 8.47. The molecule has 1 N–H and O–H groups in total. The van der Waals surface area contributed by atoms with Crippen LogP contribution in [0, 0.1) is 5.41 Å².